The third-order valence-corrected chi connectivity index (χ3v) is 5.19. The molecule has 11 heteroatoms. The van der Waals surface area contributed by atoms with Crippen molar-refractivity contribution in [3.05, 3.63) is 57.3 Å². The van der Waals surface area contributed by atoms with Gasteiger partial charge in [0.05, 0.1) is 29.3 Å². The average molecular weight is 466 g/mol. The number of nitrogens with zero attached hydrogens (tertiary/aromatic N) is 2. The van der Waals surface area contributed by atoms with Crippen molar-refractivity contribution in [1.82, 2.24) is 9.55 Å². The molecule has 32 heavy (non-hydrogen) atoms. The number of halogens is 1. The van der Waals surface area contributed by atoms with E-state index in [4.69, 9.17) is 31.2 Å². The summed E-state index contributed by atoms with van der Waals surface area (Å²) in [5, 5.41) is 18.6. The highest BCUT2D eigenvalue weighted by molar-refractivity contribution is 6.32. The molecule has 10 nitrogen and oxygen atoms in total. The fraction of sp³-hybridized carbons (Fsp3) is 0.381. The van der Waals surface area contributed by atoms with E-state index in [0.717, 1.165) is 15.8 Å². The van der Waals surface area contributed by atoms with Gasteiger partial charge in [-0.2, -0.15) is 0 Å². The van der Waals surface area contributed by atoms with Crippen LogP contribution in [-0.2, 0) is 16.1 Å². The van der Waals surface area contributed by atoms with Crippen LogP contribution in [0.4, 0.5) is 0 Å². The van der Waals surface area contributed by atoms with Gasteiger partial charge in [0.1, 0.15) is 25.0 Å². The Labute approximate surface area is 188 Å². The number of aliphatic hydroxyl groups excluding tert-OH is 2. The molecule has 4 N–H and O–H groups in total. The highest BCUT2D eigenvalue weighted by atomic mass is 35.5. The van der Waals surface area contributed by atoms with Gasteiger partial charge in [0.2, 0.25) is 0 Å². The molecular weight excluding hydrogens is 442 g/mol. The van der Waals surface area contributed by atoms with Gasteiger partial charge < -0.3 is 29.8 Å². The minimum atomic E-state index is -1.48. The largest absolute Gasteiger partial charge is 0.487 e. The molecule has 1 unspecified atom stereocenters. The molecule has 3 rings (SSSR count). The number of carbonyl (C=O) groups is 1. The van der Waals surface area contributed by atoms with E-state index in [1.54, 1.807) is 6.20 Å². The summed E-state index contributed by atoms with van der Waals surface area (Å²) in [5.74, 6) is -1.28. The Hall–Kier alpha value is -2.92. The number of aliphatic hydroxyl groups is 2. The fourth-order valence-corrected chi connectivity index (χ4v) is 3.05. The Kier molecular flexibility index (Phi) is 7.19. The lowest BCUT2D eigenvalue weighted by Gasteiger charge is -2.24. The van der Waals surface area contributed by atoms with Crippen molar-refractivity contribution in [2.75, 3.05) is 19.8 Å². The monoisotopic (exact) mass is 465 g/mol. The quantitative estimate of drug-likeness (QED) is 0.397. The number of ether oxygens (including phenoxy) is 2. The number of pyridine rings is 1. The maximum Gasteiger partial charge on any atom is 0.420 e. The topological polar surface area (TPSA) is 150 Å². The SMILES string of the molecule is Cc1ccc(COc2cc3oc(=O)n(C(C)C(=O)OCC(N)(CO)CO)c3cc2Cl)cn1. The van der Waals surface area contributed by atoms with Crippen molar-refractivity contribution in [2.24, 2.45) is 5.73 Å². The molecule has 0 bridgehead atoms. The van der Waals surface area contributed by atoms with Crippen molar-refractivity contribution >= 4 is 28.7 Å². The lowest BCUT2D eigenvalue weighted by atomic mass is 10.1. The van der Waals surface area contributed by atoms with Crippen molar-refractivity contribution in [3.63, 3.8) is 0 Å². The van der Waals surface area contributed by atoms with Gasteiger partial charge in [-0.05, 0) is 26.0 Å². The van der Waals surface area contributed by atoms with E-state index in [9.17, 15) is 19.8 Å². The maximum atomic E-state index is 12.4. The van der Waals surface area contributed by atoms with Crippen molar-refractivity contribution < 1.29 is 28.9 Å². The molecule has 0 spiro atoms. The zero-order chi connectivity index (χ0) is 23.5. The molecule has 1 atom stereocenters. The van der Waals surface area contributed by atoms with Crippen LogP contribution >= 0.6 is 11.6 Å². The van der Waals surface area contributed by atoms with E-state index in [2.05, 4.69) is 4.98 Å². The number of rotatable bonds is 9. The van der Waals surface area contributed by atoms with Crippen LogP contribution in [0.1, 0.15) is 24.2 Å². The zero-order valence-corrected chi connectivity index (χ0v) is 18.3. The van der Waals surface area contributed by atoms with E-state index in [1.165, 1.54) is 19.1 Å². The number of benzene rings is 1. The smallest absolute Gasteiger partial charge is 0.420 e. The molecular formula is C21H24ClN3O7. The van der Waals surface area contributed by atoms with Gasteiger partial charge in [0.25, 0.3) is 0 Å². The fourth-order valence-electron chi connectivity index (χ4n) is 2.84. The Morgan fingerprint density at radius 1 is 1.34 bits per heavy atom. The standard InChI is InChI=1S/C21H24ClN3O7/c1-12-3-4-14(7-24-12)8-30-17-6-18-16(5-15(17)22)25(20(29)32-18)13(2)19(28)31-11-21(23,9-26)10-27/h3-7,13,26-27H,8-11,23H2,1-2H3. The Balaban J connectivity index is 1.80. The summed E-state index contributed by atoms with van der Waals surface area (Å²) in [7, 11) is 0. The number of esters is 1. The van der Waals surface area contributed by atoms with Crippen LogP contribution in [0.3, 0.4) is 0 Å². The predicted molar refractivity (Wildman–Crippen MR) is 116 cm³/mol. The van der Waals surface area contributed by atoms with E-state index in [0.29, 0.717) is 5.75 Å². The van der Waals surface area contributed by atoms with Crippen LogP contribution in [0, 0.1) is 6.92 Å². The summed E-state index contributed by atoms with van der Waals surface area (Å²) in [5.41, 5.74) is 6.39. The molecule has 0 fully saturated rings. The number of hydrogen-bond acceptors (Lipinski definition) is 9. The summed E-state index contributed by atoms with van der Waals surface area (Å²) >= 11 is 6.33. The van der Waals surface area contributed by atoms with Crippen molar-refractivity contribution in [3.8, 4) is 5.75 Å². The highest BCUT2D eigenvalue weighted by Crippen LogP contribution is 2.31. The van der Waals surface area contributed by atoms with Gasteiger partial charge >= 0.3 is 11.7 Å². The van der Waals surface area contributed by atoms with Crippen molar-refractivity contribution in [1.29, 1.82) is 0 Å². The molecule has 0 aliphatic rings. The lowest BCUT2D eigenvalue weighted by molar-refractivity contribution is -0.150. The van der Waals surface area contributed by atoms with Gasteiger partial charge in [-0.1, -0.05) is 17.7 Å². The molecule has 0 aliphatic carbocycles. The molecule has 172 valence electrons. The van der Waals surface area contributed by atoms with Gasteiger partial charge in [-0.15, -0.1) is 0 Å². The van der Waals surface area contributed by atoms with Gasteiger partial charge in [0.15, 0.2) is 5.58 Å². The molecule has 3 aromatic rings. The first-order chi connectivity index (χ1) is 15.2. The minimum absolute atomic E-state index is 0.176. The second-order valence-electron chi connectivity index (χ2n) is 7.55. The Bertz CT molecular complexity index is 1150. The Morgan fingerprint density at radius 3 is 2.69 bits per heavy atom. The first-order valence-electron chi connectivity index (χ1n) is 9.73. The first-order valence-corrected chi connectivity index (χ1v) is 10.1. The molecule has 2 heterocycles. The normalized spacial score (nSPS) is 12.7. The summed E-state index contributed by atoms with van der Waals surface area (Å²) in [6.07, 6.45) is 1.69. The maximum absolute atomic E-state index is 12.4. The lowest BCUT2D eigenvalue weighted by Crippen LogP contribution is -2.52. The number of carbonyl (C=O) groups excluding carboxylic acids is 1. The van der Waals surface area contributed by atoms with Crippen LogP contribution in [0.15, 0.2) is 39.7 Å². The number of fused-ring (bicyclic) bond motifs is 1. The van der Waals surface area contributed by atoms with Crippen LogP contribution < -0.4 is 16.2 Å². The molecule has 1 aromatic carbocycles. The summed E-state index contributed by atoms with van der Waals surface area (Å²) in [4.78, 5) is 29.1. The van der Waals surface area contributed by atoms with Crippen LogP contribution in [0.25, 0.3) is 11.1 Å². The summed E-state index contributed by atoms with van der Waals surface area (Å²) in [6.45, 7) is 1.93. The Morgan fingerprint density at radius 2 is 2.06 bits per heavy atom. The number of oxazole rings is 1. The second kappa shape index (κ2) is 9.70. The molecule has 0 aliphatic heterocycles. The van der Waals surface area contributed by atoms with Gasteiger partial charge in [-0.25, -0.2) is 9.59 Å². The van der Waals surface area contributed by atoms with Crippen LogP contribution in [-0.4, -0.2) is 51.1 Å². The number of nitrogens with two attached hydrogens (primary N) is 1. The van der Waals surface area contributed by atoms with E-state index in [-0.39, 0.29) is 22.7 Å². The van der Waals surface area contributed by atoms with E-state index in [1.807, 2.05) is 19.1 Å². The summed E-state index contributed by atoms with van der Waals surface area (Å²) in [6, 6.07) is 5.59. The average Bonchev–Trinajstić information content (AvgIpc) is 3.10. The van der Waals surface area contributed by atoms with E-state index >= 15 is 0 Å². The third-order valence-electron chi connectivity index (χ3n) is 4.89. The van der Waals surface area contributed by atoms with Gasteiger partial charge in [-0.3, -0.25) is 9.55 Å². The zero-order valence-electron chi connectivity index (χ0n) is 17.6. The molecule has 0 amide bonds. The molecule has 0 radical (unpaired) electrons. The summed E-state index contributed by atoms with van der Waals surface area (Å²) < 4.78 is 17.2. The first kappa shape index (κ1) is 23.7. The van der Waals surface area contributed by atoms with Crippen LogP contribution in [0.5, 0.6) is 5.75 Å². The number of aryl methyl sites for hydroxylation is 1. The number of aromatic nitrogens is 2. The van der Waals surface area contributed by atoms with E-state index < -0.39 is 43.1 Å². The molecule has 0 saturated heterocycles. The van der Waals surface area contributed by atoms with Gasteiger partial charge in [0, 0.05) is 23.5 Å². The minimum Gasteiger partial charge on any atom is -0.487 e. The third kappa shape index (κ3) is 5.10. The molecule has 2 aromatic heterocycles. The second-order valence-corrected chi connectivity index (χ2v) is 7.95. The highest BCUT2D eigenvalue weighted by Gasteiger charge is 2.29. The number of hydrogen-bond donors (Lipinski definition) is 3. The van der Waals surface area contributed by atoms with Crippen LogP contribution in [0.2, 0.25) is 5.02 Å². The molecule has 0 saturated carbocycles. The van der Waals surface area contributed by atoms with Crippen molar-refractivity contribution in [2.45, 2.75) is 32.0 Å². The predicted octanol–water partition coefficient (Wildman–Crippen LogP) is 1.32.